The van der Waals surface area contributed by atoms with E-state index < -0.39 is 17.7 Å². The van der Waals surface area contributed by atoms with Crippen molar-refractivity contribution in [3.63, 3.8) is 0 Å². The van der Waals surface area contributed by atoms with Crippen LogP contribution < -0.4 is 4.74 Å². The molecule has 0 aromatic heterocycles. The molecule has 174 valence electrons. The van der Waals surface area contributed by atoms with Crippen molar-refractivity contribution in [3.8, 4) is 11.5 Å². The van der Waals surface area contributed by atoms with Crippen molar-refractivity contribution >= 4 is 33.4 Å². The number of amides is 1. The maximum Gasteiger partial charge on any atom is 0.295 e. The van der Waals surface area contributed by atoms with Crippen molar-refractivity contribution in [2.24, 2.45) is 0 Å². The summed E-state index contributed by atoms with van der Waals surface area (Å²) in [5.74, 6) is -1.49. The van der Waals surface area contributed by atoms with Gasteiger partial charge < -0.3 is 24.6 Å². The molecule has 0 spiro atoms. The summed E-state index contributed by atoms with van der Waals surface area (Å²) in [4.78, 5) is 29.9. The number of aliphatic hydroxyl groups excluding tert-OH is 1. The van der Waals surface area contributed by atoms with Gasteiger partial charge in [0.1, 0.15) is 5.76 Å². The van der Waals surface area contributed by atoms with Crippen LogP contribution in [0.2, 0.25) is 0 Å². The molecule has 8 nitrogen and oxygen atoms in total. The van der Waals surface area contributed by atoms with Gasteiger partial charge in [0.05, 0.1) is 31.9 Å². The van der Waals surface area contributed by atoms with E-state index in [-0.39, 0.29) is 22.8 Å². The Morgan fingerprint density at radius 2 is 1.82 bits per heavy atom. The Morgan fingerprint density at radius 1 is 1.12 bits per heavy atom. The first kappa shape index (κ1) is 23.3. The number of hydrogen-bond acceptors (Lipinski definition) is 7. The van der Waals surface area contributed by atoms with Gasteiger partial charge in [0, 0.05) is 36.2 Å². The fourth-order valence-corrected chi connectivity index (χ4v) is 4.42. The lowest BCUT2D eigenvalue weighted by Gasteiger charge is -2.31. The maximum absolute atomic E-state index is 13.1. The number of likely N-dealkylation sites (tertiary alicyclic amines) is 1. The summed E-state index contributed by atoms with van der Waals surface area (Å²) in [7, 11) is 1.43. The molecule has 1 amide bonds. The van der Waals surface area contributed by atoms with E-state index in [1.165, 1.54) is 18.1 Å². The highest BCUT2D eigenvalue weighted by Crippen LogP contribution is 2.41. The Hall–Kier alpha value is -2.88. The van der Waals surface area contributed by atoms with Gasteiger partial charge in [0.2, 0.25) is 0 Å². The number of carbonyl (C=O) groups is 2. The molecule has 0 saturated carbocycles. The van der Waals surface area contributed by atoms with Crippen LogP contribution >= 0.6 is 15.9 Å². The summed E-state index contributed by atoms with van der Waals surface area (Å²) < 4.78 is 11.4. The predicted molar refractivity (Wildman–Crippen MR) is 125 cm³/mol. The van der Waals surface area contributed by atoms with E-state index in [9.17, 15) is 19.8 Å². The zero-order valence-electron chi connectivity index (χ0n) is 18.2. The standard InChI is InChI=1S/C24H25BrN2O6/c1-32-19-14-16(4-7-18(19)28)21-20(22(29)15-2-5-17(25)6-3-15)23(30)24(31)27(21)9-8-26-10-12-33-13-11-26/h2-7,14,21,28-29H,8-13H2,1H3/t21-/m0/s1. The molecule has 2 aromatic rings. The fourth-order valence-electron chi connectivity index (χ4n) is 4.16. The molecule has 2 heterocycles. The first-order chi connectivity index (χ1) is 15.9. The van der Waals surface area contributed by atoms with Gasteiger partial charge in [-0.05, 0) is 29.8 Å². The average Bonchev–Trinajstić information content (AvgIpc) is 3.08. The zero-order chi connectivity index (χ0) is 23.5. The Bertz CT molecular complexity index is 1080. The molecule has 0 aliphatic carbocycles. The molecule has 33 heavy (non-hydrogen) atoms. The highest BCUT2D eigenvalue weighted by molar-refractivity contribution is 9.10. The number of aromatic hydroxyl groups is 1. The Balaban J connectivity index is 1.76. The minimum absolute atomic E-state index is 0.0112. The van der Waals surface area contributed by atoms with Crippen molar-refractivity contribution in [2.75, 3.05) is 46.5 Å². The first-order valence-corrected chi connectivity index (χ1v) is 11.4. The van der Waals surface area contributed by atoms with Crippen LogP contribution in [0.25, 0.3) is 5.76 Å². The largest absolute Gasteiger partial charge is 0.507 e. The number of phenolic OH excluding ortho intramolecular Hbond substituents is 1. The van der Waals surface area contributed by atoms with Crippen LogP contribution in [0.1, 0.15) is 17.2 Å². The second kappa shape index (κ2) is 9.94. The molecule has 1 atom stereocenters. The van der Waals surface area contributed by atoms with Gasteiger partial charge in [-0.25, -0.2) is 0 Å². The van der Waals surface area contributed by atoms with Gasteiger partial charge in [0.15, 0.2) is 11.5 Å². The number of benzene rings is 2. The number of carbonyl (C=O) groups excluding carboxylic acids is 2. The van der Waals surface area contributed by atoms with Gasteiger partial charge in [-0.1, -0.05) is 34.1 Å². The number of morpholine rings is 1. The number of ketones is 1. The summed E-state index contributed by atoms with van der Waals surface area (Å²) in [5.41, 5.74) is 1.00. The molecular formula is C24H25BrN2O6. The van der Waals surface area contributed by atoms with Crippen LogP contribution in [0.4, 0.5) is 0 Å². The van der Waals surface area contributed by atoms with Crippen LogP contribution in [0.5, 0.6) is 11.5 Å². The summed E-state index contributed by atoms with van der Waals surface area (Å²) in [5, 5.41) is 21.1. The molecule has 2 aromatic carbocycles. The van der Waals surface area contributed by atoms with Crippen molar-refractivity contribution in [3.05, 3.63) is 63.6 Å². The van der Waals surface area contributed by atoms with E-state index in [1.807, 2.05) is 0 Å². The van der Waals surface area contributed by atoms with E-state index in [1.54, 1.807) is 36.4 Å². The smallest absolute Gasteiger partial charge is 0.295 e. The molecule has 2 fully saturated rings. The van der Waals surface area contributed by atoms with Gasteiger partial charge >= 0.3 is 0 Å². The van der Waals surface area contributed by atoms with Crippen molar-refractivity contribution < 1.29 is 29.3 Å². The second-order valence-corrected chi connectivity index (χ2v) is 8.80. The van der Waals surface area contributed by atoms with E-state index >= 15 is 0 Å². The molecule has 2 saturated heterocycles. The number of aliphatic hydroxyl groups is 1. The summed E-state index contributed by atoms with van der Waals surface area (Å²) in [6.45, 7) is 3.62. The summed E-state index contributed by atoms with van der Waals surface area (Å²) in [6, 6.07) is 10.7. The highest BCUT2D eigenvalue weighted by Gasteiger charge is 2.46. The van der Waals surface area contributed by atoms with Crippen molar-refractivity contribution in [1.82, 2.24) is 9.80 Å². The molecule has 2 aliphatic rings. The monoisotopic (exact) mass is 516 g/mol. The number of rotatable bonds is 6. The molecule has 2 N–H and O–H groups in total. The van der Waals surface area contributed by atoms with Crippen LogP contribution in [0, 0.1) is 0 Å². The number of hydrogen-bond donors (Lipinski definition) is 2. The van der Waals surface area contributed by atoms with Crippen molar-refractivity contribution in [1.29, 1.82) is 0 Å². The Labute approximate surface area is 200 Å². The number of ether oxygens (including phenoxy) is 2. The number of phenols is 1. The van der Waals surface area contributed by atoms with Crippen molar-refractivity contribution in [2.45, 2.75) is 6.04 Å². The summed E-state index contributed by atoms with van der Waals surface area (Å²) in [6.07, 6.45) is 0. The Morgan fingerprint density at radius 3 is 2.48 bits per heavy atom. The highest BCUT2D eigenvalue weighted by atomic mass is 79.9. The number of nitrogens with zero attached hydrogens (tertiary/aromatic N) is 2. The Kier molecular flexibility index (Phi) is 7.02. The number of halogens is 1. The van der Waals surface area contributed by atoms with E-state index in [0.29, 0.717) is 37.4 Å². The minimum Gasteiger partial charge on any atom is -0.507 e. The molecule has 0 bridgehead atoms. The van der Waals surface area contributed by atoms with E-state index in [0.717, 1.165) is 17.6 Å². The molecule has 0 unspecified atom stereocenters. The van der Waals surface area contributed by atoms with Gasteiger partial charge in [-0.3, -0.25) is 14.5 Å². The first-order valence-electron chi connectivity index (χ1n) is 10.6. The SMILES string of the molecule is COc1cc([C@H]2C(=C(O)c3ccc(Br)cc3)C(=O)C(=O)N2CCN2CCOCC2)ccc1O. The quantitative estimate of drug-likeness (QED) is 0.346. The maximum atomic E-state index is 13.1. The number of Topliss-reactive ketones (excluding diaryl/α,β-unsaturated/α-hetero) is 1. The third-order valence-electron chi connectivity index (χ3n) is 5.94. The van der Waals surface area contributed by atoms with Crippen LogP contribution in [0.3, 0.4) is 0 Å². The lowest BCUT2D eigenvalue weighted by Crippen LogP contribution is -2.42. The fraction of sp³-hybridized carbons (Fsp3) is 0.333. The summed E-state index contributed by atoms with van der Waals surface area (Å²) >= 11 is 3.36. The zero-order valence-corrected chi connectivity index (χ0v) is 19.7. The van der Waals surface area contributed by atoms with Crippen LogP contribution in [-0.2, 0) is 14.3 Å². The third kappa shape index (κ3) is 4.75. The molecule has 9 heteroatoms. The second-order valence-electron chi connectivity index (χ2n) is 7.88. The van der Waals surface area contributed by atoms with Gasteiger partial charge in [-0.2, -0.15) is 0 Å². The lowest BCUT2D eigenvalue weighted by atomic mass is 9.95. The van der Waals surface area contributed by atoms with E-state index in [4.69, 9.17) is 9.47 Å². The van der Waals surface area contributed by atoms with Gasteiger partial charge in [-0.15, -0.1) is 0 Å². The molecular weight excluding hydrogens is 492 g/mol. The van der Waals surface area contributed by atoms with E-state index in [2.05, 4.69) is 20.8 Å². The average molecular weight is 517 g/mol. The third-order valence-corrected chi connectivity index (χ3v) is 6.47. The molecule has 4 rings (SSSR count). The number of methoxy groups -OCH3 is 1. The topological polar surface area (TPSA) is 99.5 Å². The molecule has 0 radical (unpaired) electrons. The van der Waals surface area contributed by atoms with Gasteiger partial charge in [0.25, 0.3) is 11.7 Å². The molecule has 2 aliphatic heterocycles. The van der Waals surface area contributed by atoms with Crippen LogP contribution in [0.15, 0.2) is 52.5 Å². The minimum atomic E-state index is -0.816. The lowest BCUT2D eigenvalue weighted by molar-refractivity contribution is -0.140. The predicted octanol–water partition coefficient (Wildman–Crippen LogP) is 2.92. The normalized spacial score (nSPS) is 20.9. The van der Waals surface area contributed by atoms with Crippen LogP contribution in [-0.4, -0.2) is 78.2 Å².